The highest BCUT2D eigenvalue weighted by atomic mass is 127. The van der Waals surface area contributed by atoms with Crippen molar-refractivity contribution in [2.45, 2.75) is 38.0 Å². The maximum absolute atomic E-state index is 12.3. The lowest BCUT2D eigenvalue weighted by Gasteiger charge is -2.35. The number of hydrogen-bond acceptors (Lipinski definition) is 4. The van der Waals surface area contributed by atoms with E-state index in [-0.39, 0.29) is 24.0 Å². The third kappa shape index (κ3) is 6.38. The fraction of sp³-hybridized carbons (Fsp3) is 0.611. The van der Waals surface area contributed by atoms with E-state index < -0.39 is 14.6 Å². The van der Waals surface area contributed by atoms with Crippen LogP contribution in [-0.2, 0) is 21.1 Å². The molecule has 1 fully saturated rings. The molecule has 2 N–H and O–H groups in total. The first-order chi connectivity index (χ1) is 11.9. The summed E-state index contributed by atoms with van der Waals surface area (Å²) >= 11 is 0. The zero-order valence-electron chi connectivity index (χ0n) is 15.7. The minimum absolute atomic E-state index is 0. The Morgan fingerprint density at radius 1 is 1.19 bits per heavy atom. The predicted octanol–water partition coefficient (Wildman–Crippen LogP) is 2.26. The van der Waals surface area contributed by atoms with Gasteiger partial charge < -0.3 is 15.4 Å². The molecule has 1 aromatic rings. The molecule has 26 heavy (non-hydrogen) atoms. The van der Waals surface area contributed by atoms with E-state index in [0.717, 1.165) is 5.56 Å². The number of sulfone groups is 1. The van der Waals surface area contributed by atoms with Crippen molar-refractivity contribution in [3.63, 3.8) is 0 Å². The fourth-order valence-electron chi connectivity index (χ4n) is 2.87. The van der Waals surface area contributed by atoms with Crippen molar-refractivity contribution >= 4 is 39.8 Å². The monoisotopic (exact) mass is 495 g/mol. The molecule has 0 atom stereocenters. The van der Waals surface area contributed by atoms with Crippen LogP contribution >= 0.6 is 24.0 Å². The van der Waals surface area contributed by atoms with Crippen LogP contribution in [0, 0.1) is 6.92 Å². The minimum Gasteiger partial charge on any atom is -0.381 e. The van der Waals surface area contributed by atoms with E-state index in [1.54, 1.807) is 0 Å². The Balaban J connectivity index is 0.00000338. The Kier molecular flexibility index (Phi) is 9.32. The molecule has 2 rings (SSSR count). The number of halogens is 1. The lowest BCUT2D eigenvalue weighted by molar-refractivity contribution is 0.0756. The van der Waals surface area contributed by atoms with Gasteiger partial charge in [-0.3, -0.25) is 0 Å². The fourth-order valence-corrected chi connectivity index (χ4v) is 4.12. The van der Waals surface area contributed by atoms with Crippen LogP contribution in [0.4, 0.5) is 0 Å². The van der Waals surface area contributed by atoms with Gasteiger partial charge in [-0.1, -0.05) is 29.8 Å². The molecule has 0 aliphatic carbocycles. The third-order valence-electron chi connectivity index (χ3n) is 4.65. The van der Waals surface area contributed by atoms with Gasteiger partial charge in [0, 0.05) is 32.6 Å². The van der Waals surface area contributed by atoms with E-state index in [0.29, 0.717) is 51.6 Å². The number of aryl methyl sites for hydroxylation is 1. The highest BCUT2D eigenvalue weighted by Gasteiger charge is 2.42. The van der Waals surface area contributed by atoms with Gasteiger partial charge in [0.15, 0.2) is 15.8 Å². The lowest BCUT2D eigenvalue weighted by atomic mass is 9.99. The predicted molar refractivity (Wildman–Crippen MR) is 117 cm³/mol. The molecular formula is C18H30IN3O3S. The van der Waals surface area contributed by atoms with E-state index in [1.807, 2.05) is 6.92 Å². The summed E-state index contributed by atoms with van der Waals surface area (Å²) in [6.45, 7) is 6.60. The molecule has 148 valence electrons. The van der Waals surface area contributed by atoms with Crippen molar-refractivity contribution in [2.24, 2.45) is 4.99 Å². The van der Waals surface area contributed by atoms with Crippen molar-refractivity contribution in [2.75, 3.05) is 32.6 Å². The molecule has 1 saturated heterocycles. The van der Waals surface area contributed by atoms with Gasteiger partial charge in [-0.15, -0.1) is 24.0 Å². The van der Waals surface area contributed by atoms with Gasteiger partial charge in [0.05, 0.1) is 11.3 Å². The molecule has 0 spiro atoms. The van der Waals surface area contributed by atoms with Crippen LogP contribution in [0.1, 0.15) is 30.9 Å². The minimum atomic E-state index is -3.20. The molecule has 1 heterocycles. The summed E-state index contributed by atoms with van der Waals surface area (Å²) in [7, 11) is -3.20. The summed E-state index contributed by atoms with van der Waals surface area (Å²) in [5.74, 6) is 0.637. The largest absolute Gasteiger partial charge is 0.381 e. The van der Waals surface area contributed by atoms with Crippen molar-refractivity contribution in [1.82, 2.24) is 10.6 Å². The molecular weight excluding hydrogens is 465 g/mol. The van der Waals surface area contributed by atoms with Gasteiger partial charge in [-0.2, -0.15) is 0 Å². The van der Waals surface area contributed by atoms with E-state index in [9.17, 15) is 8.42 Å². The Labute approximate surface area is 174 Å². The topological polar surface area (TPSA) is 79.8 Å². The number of guanidine groups is 1. The van der Waals surface area contributed by atoms with E-state index in [2.05, 4.69) is 46.8 Å². The zero-order chi connectivity index (χ0) is 18.3. The molecule has 0 bridgehead atoms. The van der Waals surface area contributed by atoms with Crippen LogP contribution in [0.2, 0.25) is 0 Å². The number of nitrogens with zero attached hydrogens (tertiary/aromatic N) is 1. The first-order valence-corrected chi connectivity index (χ1v) is 10.6. The number of ether oxygens (including phenoxy) is 1. The quantitative estimate of drug-likeness (QED) is 0.360. The molecule has 6 nitrogen and oxygen atoms in total. The molecule has 8 heteroatoms. The van der Waals surface area contributed by atoms with Gasteiger partial charge in [0.1, 0.15) is 0 Å². The average molecular weight is 495 g/mol. The number of hydrogen-bond donors (Lipinski definition) is 2. The van der Waals surface area contributed by atoms with Crippen LogP contribution in [0.15, 0.2) is 29.3 Å². The third-order valence-corrected chi connectivity index (χ3v) is 6.78. The van der Waals surface area contributed by atoms with Crippen molar-refractivity contribution in [3.8, 4) is 0 Å². The second-order valence-electron chi connectivity index (χ2n) is 6.60. The van der Waals surface area contributed by atoms with Crippen molar-refractivity contribution < 1.29 is 13.2 Å². The van der Waals surface area contributed by atoms with Crippen LogP contribution in [0.3, 0.4) is 0 Å². The van der Waals surface area contributed by atoms with Crippen LogP contribution < -0.4 is 10.6 Å². The summed E-state index contributed by atoms with van der Waals surface area (Å²) < 4.78 is 29.2. The van der Waals surface area contributed by atoms with Crippen molar-refractivity contribution in [3.05, 3.63) is 35.4 Å². The van der Waals surface area contributed by atoms with Gasteiger partial charge in [-0.05, 0) is 32.3 Å². The average Bonchev–Trinajstić information content (AvgIpc) is 2.58. The van der Waals surface area contributed by atoms with Gasteiger partial charge in [0.25, 0.3) is 0 Å². The Bertz CT molecular complexity index is 684. The van der Waals surface area contributed by atoms with E-state index in [4.69, 9.17) is 4.74 Å². The van der Waals surface area contributed by atoms with Gasteiger partial charge >= 0.3 is 0 Å². The zero-order valence-corrected chi connectivity index (χ0v) is 18.9. The molecule has 1 aromatic carbocycles. The molecule has 0 amide bonds. The molecule has 0 radical (unpaired) electrons. The summed E-state index contributed by atoms with van der Waals surface area (Å²) in [5.41, 5.74) is 2.33. The number of nitrogens with one attached hydrogen (secondary N) is 2. The highest BCUT2D eigenvalue weighted by Crippen LogP contribution is 2.28. The molecule has 1 aliphatic rings. The van der Waals surface area contributed by atoms with E-state index >= 15 is 0 Å². The summed E-state index contributed by atoms with van der Waals surface area (Å²) in [6.07, 6.45) is 2.34. The first kappa shape index (κ1) is 23.2. The summed E-state index contributed by atoms with van der Waals surface area (Å²) in [4.78, 5) is 4.58. The standard InChI is InChI=1S/C18H29N3O3S.HI/c1-4-19-17(20-13-16-7-5-15(2)6-8-16)21-14-18(25(3,22)23)9-11-24-12-10-18;/h5-8H,4,9-14H2,1-3H3,(H2,19,20,21);1H. The Morgan fingerprint density at radius 2 is 1.81 bits per heavy atom. The normalized spacial score (nSPS) is 17.3. The Hall–Kier alpha value is -0.870. The molecule has 0 unspecified atom stereocenters. The number of aliphatic imine (C=N–C) groups is 1. The van der Waals surface area contributed by atoms with Crippen LogP contribution in [0.5, 0.6) is 0 Å². The molecule has 0 saturated carbocycles. The smallest absolute Gasteiger partial charge is 0.191 e. The van der Waals surface area contributed by atoms with Gasteiger partial charge in [-0.25, -0.2) is 13.4 Å². The molecule has 1 aliphatic heterocycles. The summed E-state index contributed by atoms with van der Waals surface area (Å²) in [5, 5.41) is 6.41. The van der Waals surface area contributed by atoms with Gasteiger partial charge in [0.2, 0.25) is 0 Å². The second-order valence-corrected chi connectivity index (χ2v) is 9.01. The van der Waals surface area contributed by atoms with Crippen LogP contribution in [-0.4, -0.2) is 51.7 Å². The highest BCUT2D eigenvalue weighted by molar-refractivity contribution is 14.0. The van der Waals surface area contributed by atoms with E-state index in [1.165, 1.54) is 11.8 Å². The lowest BCUT2D eigenvalue weighted by Crippen LogP contribution is -2.53. The maximum Gasteiger partial charge on any atom is 0.191 e. The first-order valence-electron chi connectivity index (χ1n) is 8.71. The van der Waals surface area contributed by atoms with Crippen molar-refractivity contribution in [1.29, 1.82) is 0 Å². The second kappa shape index (κ2) is 10.5. The summed E-state index contributed by atoms with van der Waals surface area (Å²) in [6, 6.07) is 8.23. The number of rotatable bonds is 6. The maximum atomic E-state index is 12.3. The molecule has 0 aromatic heterocycles. The Morgan fingerprint density at radius 3 is 2.35 bits per heavy atom. The SMILES string of the molecule is CCNC(=NCc1ccc(C)cc1)NCC1(S(C)(=O)=O)CCOCC1.I. The number of benzene rings is 1. The van der Waals surface area contributed by atoms with Crippen LogP contribution in [0.25, 0.3) is 0 Å².